The van der Waals surface area contributed by atoms with E-state index in [0.29, 0.717) is 29.5 Å². The Morgan fingerprint density at radius 3 is 1.83 bits per heavy atom. The van der Waals surface area contributed by atoms with E-state index >= 15 is 0 Å². The Bertz CT molecular complexity index is 980. The molecule has 0 saturated carbocycles. The van der Waals surface area contributed by atoms with Gasteiger partial charge in [-0.2, -0.15) is 0 Å². The fourth-order valence-corrected chi connectivity index (χ4v) is 2.73. The molecule has 0 N–H and O–H groups in total. The smallest absolute Gasteiger partial charge is 0.346 e. The summed E-state index contributed by atoms with van der Waals surface area (Å²) in [4.78, 5) is 36.2. The van der Waals surface area contributed by atoms with Gasteiger partial charge in [-0.15, -0.1) is 0 Å². The average molecular weight is 388 g/mol. The topological polar surface area (TPSA) is 69.7 Å². The Labute approximate surface area is 168 Å². The maximum Gasteiger partial charge on any atom is 0.346 e. The van der Waals surface area contributed by atoms with Crippen LogP contribution in [0, 0.1) is 0 Å². The molecule has 29 heavy (non-hydrogen) atoms. The monoisotopic (exact) mass is 388 g/mol. The van der Waals surface area contributed by atoms with Crippen molar-refractivity contribution in [3.63, 3.8) is 0 Å². The third-order valence-electron chi connectivity index (χ3n) is 4.21. The van der Waals surface area contributed by atoms with Crippen LogP contribution >= 0.6 is 0 Å². The second kappa shape index (κ2) is 9.99. The van der Waals surface area contributed by atoms with Crippen molar-refractivity contribution in [1.29, 1.82) is 0 Å². The fraction of sp³-hybridized carbons (Fsp3) is 0.125. The van der Waals surface area contributed by atoms with Gasteiger partial charge in [0.25, 0.3) is 0 Å². The number of carbonyl (C=O) groups excluding carboxylic acids is 3. The maximum atomic E-state index is 12.2. The number of benzene rings is 3. The number of ether oxygens (including phenoxy) is 2. The Morgan fingerprint density at radius 2 is 1.17 bits per heavy atom. The highest BCUT2D eigenvalue weighted by Gasteiger charge is 2.15. The van der Waals surface area contributed by atoms with Gasteiger partial charge in [0.1, 0.15) is 0 Å². The second-order valence-electron chi connectivity index (χ2n) is 6.35. The van der Waals surface area contributed by atoms with Crippen molar-refractivity contribution in [2.24, 2.45) is 0 Å². The van der Waals surface area contributed by atoms with Gasteiger partial charge >= 0.3 is 17.9 Å². The van der Waals surface area contributed by atoms with Crippen LogP contribution < -0.4 is 0 Å². The summed E-state index contributed by atoms with van der Waals surface area (Å²) in [5, 5.41) is 0. The number of hydrogen-bond acceptors (Lipinski definition) is 5. The van der Waals surface area contributed by atoms with Gasteiger partial charge in [-0.25, -0.2) is 14.4 Å². The van der Waals surface area contributed by atoms with Crippen LogP contribution in [0.3, 0.4) is 0 Å². The van der Waals surface area contributed by atoms with Gasteiger partial charge in [-0.1, -0.05) is 48.5 Å². The molecule has 5 nitrogen and oxygen atoms in total. The third kappa shape index (κ3) is 5.87. The molecule has 0 aliphatic rings. The summed E-state index contributed by atoms with van der Waals surface area (Å²) in [6.45, 7) is 0.273. The van der Waals surface area contributed by atoms with Crippen LogP contribution in [-0.4, -0.2) is 24.5 Å². The lowest BCUT2D eigenvalue weighted by atomic mass is 10.1. The van der Waals surface area contributed by atoms with Crippen LogP contribution in [0.25, 0.3) is 0 Å². The molecular formula is C24H20O5. The van der Waals surface area contributed by atoms with E-state index in [1.165, 1.54) is 0 Å². The number of carbonyl (C=O) groups is 3. The van der Waals surface area contributed by atoms with Crippen LogP contribution in [0.5, 0.6) is 0 Å². The highest BCUT2D eigenvalue weighted by atomic mass is 16.6. The maximum absolute atomic E-state index is 12.2. The van der Waals surface area contributed by atoms with Crippen molar-refractivity contribution in [2.45, 2.75) is 12.8 Å². The summed E-state index contributed by atoms with van der Waals surface area (Å²) in [6.07, 6.45) is 1.23. The van der Waals surface area contributed by atoms with Crippen molar-refractivity contribution in [3.8, 4) is 0 Å². The molecule has 0 fully saturated rings. The highest BCUT2D eigenvalue weighted by Crippen LogP contribution is 2.11. The Morgan fingerprint density at radius 1 is 0.621 bits per heavy atom. The molecule has 3 rings (SSSR count). The zero-order chi connectivity index (χ0) is 20.5. The molecule has 0 bridgehead atoms. The zero-order valence-corrected chi connectivity index (χ0v) is 15.7. The number of hydrogen-bond donors (Lipinski definition) is 0. The first-order valence-electron chi connectivity index (χ1n) is 9.26. The predicted molar refractivity (Wildman–Crippen MR) is 108 cm³/mol. The first-order chi connectivity index (χ1) is 14.1. The molecule has 0 aliphatic heterocycles. The van der Waals surface area contributed by atoms with E-state index in [0.717, 1.165) is 5.56 Å². The lowest BCUT2D eigenvalue weighted by Crippen LogP contribution is -2.13. The molecule has 0 atom stereocenters. The molecule has 0 saturated heterocycles. The normalized spacial score (nSPS) is 10.2. The molecule has 3 aromatic rings. The molecule has 5 heteroatoms. The van der Waals surface area contributed by atoms with E-state index in [4.69, 9.17) is 9.47 Å². The number of aryl methyl sites for hydroxylation is 1. The molecule has 146 valence electrons. The van der Waals surface area contributed by atoms with Gasteiger partial charge in [-0.05, 0) is 54.8 Å². The predicted octanol–water partition coefficient (Wildman–Crippen LogP) is 4.47. The Kier molecular flexibility index (Phi) is 6.90. The van der Waals surface area contributed by atoms with Crippen molar-refractivity contribution in [2.75, 3.05) is 6.61 Å². The Balaban J connectivity index is 1.49. The highest BCUT2D eigenvalue weighted by molar-refractivity contribution is 6.02. The van der Waals surface area contributed by atoms with Crippen LogP contribution in [0.1, 0.15) is 43.1 Å². The van der Waals surface area contributed by atoms with E-state index in [2.05, 4.69) is 0 Å². The van der Waals surface area contributed by atoms with Crippen LogP contribution in [0.4, 0.5) is 0 Å². The van der Waals surface area contributed by atoms with Gasteiger partial charge in [0.15, 0.2) is 0 Å². The lowest BCUT2D eigenvalue weighted by Gasteiger charge is -2.07. The second-order valence-corrected chi connectivity index (χ2v) is 6.35. The van der Waals surface area contributed by atoms with Gasteiger partial charge in [0.05, 0.1) is 23.3 Å². The molecule has 0 aromatic heterocycles. The van der Waals surface area contributed by atoms with Gasteiger partial charge in [-0.3, -0.25) is 0 Å². The zero-order valence-electron chi connectivity index (χ0n) is 15.7. The summed E-state index contributed by atoms with van der Waals surface area (Å²) in [7, 11) is 0. The third-order valence-corrected chi connectivity index (χ3v) is 4.21. The van der Waals surface area contributed by atoms with Crippen LogP contribution in [0.15, 0.2) is 84.9 Å². The van der Waals surface area contributed by atoms with Crippen LogP contribution in [0.2, 0.25) is 0 Å². The average Bonchev–Trinajstić information content (AvgIpc) is 2.78. The first kappa shape index (κ1) is 20.0. The van der Waals surface area contributed by atoms with E-state index in [1.807, 2.05) is 12.1 Å². The quantitative estimate of drug-likeness (QED) is 0.339. The van der Waals surface area contributed by atoms with E-state index in [1.54, 1.807) is 72.8 Å². The molecule has 0 amide bonds. The molecular weight excluding hydrogens is 368 g/mol. The molecule has 0 unspecified atom stereocenters. The molecule has 0 heterocycles. The minimum Gasteiger partial charge on any atom is -0.462 e. The first-order valence-corrected chi connectivity index (χ1v) is 9.26. The summed E-state index contributed by atoms with van der Waals surface area (Å²) in [5.74, 6) is -1.74. The molecule has 3 aromatic carbocycles. The molecule has 0 radical (unpaired) electrons. The van der Waals surface area contributed by atoms with Crippen molar-refractivity contribution in [1.82, 2.24) is 0 Å². The summed E-state index contributed by atoms with van der Waals surface area (Å²) in [5.41, 5.74) is 2.02. The van der Waals surface area contributed by atoms with Gasteiger partial charge in [0.2, 0.25) is 0 Å². The SMILES string of the molecule is O=C(OCCCc1cccc(C(=O)OC(=O)c2ccccc2)c1)c1ccccc1. The minimum absolute atomic E-state index is 0.273. The van der Waals surface area contributed by atoms with Crippen molar-refractivity contribution in [3.05, 3.63) is 107 Å². The summed E-state index contributed by atoms with van der Waals surface area (Å²) >= 11 is 0. The lowest BCUT2D eigenvalue weighted by molar-refractivity contribution is 0.0396. The standard InChI is InChI=1S/C24H20O5/c25-22(19-11-3-1-4-12-19)28-16-8-10-18-9-7-15-21(17-18)24(27)29-23(26)20-13-5-2-6-14-20/h1-7,9,11-15,17H,8,10,16H2. The largest absolute Gasteiger partial charge is 0.462 e. The number of esters is 3. The molecule has 0 aliphatic carbocycles. The van der Waals surface area contributed by atoms with Crippen molar-refractivity contribution < 1.29 is 23.9 Å². The van der Waals surface area contributed by atoms with Gasteiger partial charge < -0.3 is 9.47 Å². The Hall–Kier alpha value is -3.73. The van der Waals surface area contributed by atoms with Crippen molar-refractivity contribution >= 4 is 17.9 Å². The fourth-order valence-electron chi connectivity index (χ4n) is 2.73. The summed E-state index contributed by atoms with van der Waals surface area (Å²) in [6, 6.07) is 24.0. The minimum atomic E-state index is -0.698. The van der Waals surface area contributed by atoms with E-state index in [9.17, 15) is 14.4 Å². The number of rotatable bonds is 7. The molecule has 0 spiro atoms. The van der Waals surface area contributed by atoms with E-state index in [-0.39, 0.29) is 12.6 Å². The van der Waals surface area contributed by atoms with E-state index < -0.39 is 11.9 Å². The van der Waals surface area contributed by atoms with Crippen LogP contribution in [-0.2, 0) is 15.9 Å². The summed E-state index contributed by atoms with van der Waals surface area (Å²) < 4.78 is 10.2. The van der Waals surface area contributed by atoms with Gasteiger partial charge in [0, 0.05) is 0 Å².